The molecule has 0 atom stereocenters. The van der Waals surface area contributed by atoms with E-state index >= 15 is 0 Å². The molecule has 0 aromatic heterocycles. The zero-order valence-electron chi connectivity index (χ0n) is 12.1. The van der Waals surface area contributed by atoms with Crippen molar-refractivity contribution in [2.75, 3.05) is 11.4 Å². The van der Waals surface area contributed by atoms with Gasteiger partial charge in [0.25, 0.3) is 0 Å². The van der Waals surface area contributed by atoms with Crippen LogP contribution in [0.1, 0.15) is 25.3 Å². The smallest absolute Gasteiger partial charge is 0.125 e. The van der Waals surface area contributed by atoms with E-state index < -0.39 is 0 Å². The monoisotopic (exact) mass is 285 g/mol. The van der Waals surface area contributed by atoms with Crippen LogP contribution < -0.4 is 10.6 Å². The minimum absolute atomic E-state index is 0.123. The van der Waals surface area contributed by atoms with E-state index in [4.69, 9.17) is 11.1 Å². The van der Waals surface area contributed by atoms with Gasteiger partial charge in [-0.2, -0.15) is 0 Å². The lowest BCUT2D eigenvalue weighted by Gasteiger charge is -2.27. The summed E-state index contributed by atoms with van der Waals surface area (Å²) in [6.07, 6.45) is 2.06. The van der Waals surface area contributed by atoms with Gasteiger partial charge in [-0.05, 0) is 36.8 Å². The predicted octanol–water partition coefficient (Wildman–Crippen LogP) is 4.05. The molecule has 0 saturated carbocycles. The van der Waals surface area contributed by atoms with Crippen LogP contribution in [0.3, 0.4) is 0 Å². The van der Waals surface area contributed by atoms with Gasteiger partial charge in [-0.1, -0.05) is 31.5 Å². The topological polar surface area (TPSA) is 53.1 Å². The Morgan fingerprint density at radius 3 is 2.52 bits per heavy atom. The van der Waals surface area contributed by atoms with Gasteiger partial charge in [-0.3, -0.25) is 5.41 Å². The molecule has 0 aliphatic heterocycles. The average Bonchev–Trinajstić information content (AvgIpc) is 2.49. The van der Waals surface area contributed by atoms with Crippen molar-refractivity contribution >= 4 is 17.2 Å². The predicted molar refractivity (Wildman–Crippen MR) is 85.8 cm³/mol. The Balaban J connectivity index is 2.48. The minimum Gasteiger partial charge on any atom is -0.384 e. The fourth-order valence-electron chi connectivity index (χ4n) is 2.27. The molecular weight excluding hydrogens is 265 g/mol. The maximum absolute atomic E-state index is 13.5. The zero-order valence-corrected chi connectivity index (χ0v) is 12.1. The minimum atomic E-state index is -0.382. The molecule has 0 saturated heterocycles. The third-order valence-corrected chi connectivity index (χ3v) is 3.34. The molecule has 0 aliphatic rings. The van der Waals surface area contributed by atoms with E-state index in [-0.39, 0.29) is 11.7 Å². The molecule has 2 rings (SSSR count). The molecule has 0 spiro atoms. The molecule has 0 radical (unpaired) electrons. The first-order valence-electron chi connectivity index (χ1n) is 7.10. The van der Waals surface area contributed by atoms with Gasteiger partial charge in [0.15, 0.2) is 0 Å². The summed E-state index contributed by atoms with van der Waals surface area (Å²) in [6, 6.07) is 14.3. The van der Waals surface area contributed by atoms with E-state index in [2.05, 4.69) is 11.8 Å². The standard InChI is InChI=1S/C17H20FN3/c1-2-3-11-21(14-7-5-4-6-8-14)16-10-9-13(18)12-15(16)17(19)20/h4-10,12H,2-3,11H2,1H3,(H3,19,20). The van der Waals surface area contributed by atoms with E-state index in [9.17, 15) is 4.39 Å². The van der Waals surface area contributed by atoms with Crippen molar-refractivity contribution in [2.45, 2.75) is 19.8 Å². The number of para-hydroxylation sites is 1. The van der Waals surface area contributed by atoms with Gasteiger partial charge in [0, 0.05) is 17.8 Å². The second kappa shape index (κ2) is 6.88. The Hall–Kier alpha value is -2.36. The first kappa shape index (κ1) is 15.0. The van der Waals surface area contributed by atoms with Gasteiger partial charge in [0.2, 0.25) is 0 Å². The molecule has 0 fully saturated rings. The fourth-order valence-corrected chi connectivity index (χ4v) is 2.27. The summed E-state index contributed by atoms with van der Waals surface area (Å²) in [7, 11) is 0. The lowest BCUT2D eigenvalue weighted by atomic mass is 10.1. The molecule has 0 unspecified atom stereocenters. The van der Waals surface area contributed by atoms with Crippen LogP contribution in [0.15, 0.2) is 48.5 Å². The largest absolute Gasteiger partial charge is 0.384 e. The molecule has 21 heavy (non-hydrogen) atoms. The van der Waals surface area contributed by atoms with Gasteiger partial charge >= 0.3 is 0 Å². The molecule has 2 aromatic carbocycles. The number of hydrogen-bond donors (Lipinski definition) is 2. The maximum atomic E-state index is 13.5. The van der Waals surface area contributed by atoms with Crippen LogP contribution in [0.2, 0.25) is 0 Å². The lowest BCUT2D eigenvalue weighted by Crippen LogP contribution is -2.23. The van der Waals surface area contributed by atoms with E-state index in [1.165, 1.54) is 12.1 Å². The molecule has 2 aromatic rings. The van der Waals surface area contributed by atoms with E-state index in [1.54, 1.807) is 6.07 Å². The number of nitrogen functional groups attached to an aromatic ring is 1. The second-order valence-corrected chi connectivity index (χ2v) is 4.92. The molecule has 0 amide bonds. The number of nitrogens with zero attached hydrogens (tertiary/aromatic N) is 1. The summed E-state index contributed by atoms with van der Waals surface area (Å²) in [4.78, 5) is 2.08. The first-order chi connectivity index (χ1) is 10.1. The number of benzene rings is 2. The Kier molecular flexibility index (Phi) is 4.93. The summed E-state index contributed by atoms with van der Waals surface area (Å²) < 4.78 is 13.5. The molecule has 0 bridgehead atoms. The summed E-state index contributed by atoms with van der Waals surface area (Å²) >= 11 is 0. The summed E-state index contributed by atoms with van der Waals surface area (Å²) in [5.41, 5.74) is 7.82. The van der Waals surface area contributed by atoms with Gasteiger partial charge < -0.3 is 10.6 Å². The molecule has 110 valence electrons. The summed E-state index contributed by atoms with van der Waals surface area (Å²) in [5, 5.41) is 7.69. The number of amidine groups is 1. The van der Waals surface area contributed by atoms with Gasteiger partial charge in [-0.15, -0.1) is 0 Å². The Labute approximate surface area is 124 Å². The SMILES string of the molecule is CCCCN(c1ccccc1)c1ccc(F)cc1C(=N)N. The number of halogens is 1. The number of rotatable bonds is 6. The normalized spacial score (nSPS) is 10.4. The average molecular weight is 285 g/mol. The number of unbranched alkanes of at least 4 members (excludes halogenated alkanes) is 1. The Morgan fingerprint density at radius 2 is 1.90 bits per heavy atom. The van der Waals surface area contributed by atoms with Gasteiger partial charge in [0.1, 0.15) is 11.7 Å². The van der Waals surface area contributed by atoms with Crippen molar-refractivity contribution in [2.24, 2.45) is 5.73 Å². The summed E-state index contributed by atoms with van der Waals surface area (Å²) in [5.74, 6) is -0.505. The zero-order chi connectivity index (χ0) is 15.2. The molecule has 3 N–H and O–H groups in total. The number of anilines is 2. The van der Waals surface area contributed by atoms with Crippen LogP contribution in [-0.2, 0) is 0 Å². The van der Waals surface area contributed by atoms with E-state index in [0.29, 0.717) is 5.56 Å². The molecule has 3 nitrogen and oxygen atoms in total. The van der Waals surface area contributed by atoms with Crippen LogP contribution in [0.25, 0.3) is 0 Å². The number of hydrogen-bond acceptors (Lipinski definition) is 2. The third kappa shape index (κ3) is 3.60. The van der Waals surface area contributed by atoms with Crippen LogP contribution >= 0.6 is 0 Å². The Morgan fingerprint density at radius 1 is 1.19 bits per heavy atom. The molecule has 4 heteroatoms. The highest BCUT2D eigenvalue weighted by Crippen LogP contribution is 2.29. The molecular formula is C17H20FN3. The lowest BCUT2D eigenvalue weighted by molar-refractivity contribution is 0.627. The van der Waals surface area contributed by atoms with Crippen molar-refractivity contribution in [3.05, 3.63) is 59.9 Å². The van der Waals surface area contributed by atoms with Crippen LogP contribution in [-0.4, -0.2) is 12.4 Å². The van der Waals surface area contributed by atoms with Crippen LogP contribution in [0, 0.1) is 11.2 Å². The van der Waals surface area contributed by atoms with Crippen LogP contribution in [0.4, 0.5) is 15.8 Å². The van der Waals surface area contributed by atoms with E-state index in [0.717, 1.165) is 30.8 Å². The summed E-state index contributed by atoms with van der Waals surface area (Å²) in [6.45, 7) is 2.92. The third-order valence-electron chi connectivity index (χ3n) is 3.34. The second-order valence-electron chi connectivity index (χ2n) is 4.92. The Bertz CT molecular complexity index is 611. The highest BCUT2D eigenvalue weighted by molar-refractivity contribution is 6.01. The van der Waals surface area contributed by atoms with Crippen molar-refractivity contribution in [3.63, 3.8) is 0 Å². The van der Waals surface area contributed by atoms with Crippen molar-refractivity contribution in [1.29, 1.82) is 5.41 Å². The van der Waals surface area contributed by atoms with Crippen molar-refractivity contribution in [3.8, 4) is 0 Å². The molecule has 0 heterocycles. The van der Waals surface area contributed by atoms with Gasteiger partial charge in [-0.25, -0.2) is 4.39 Å². The maximum Gasteiger partial charge on any atom is 0.125 e. The highest BCUT2D eigenvalue weighted by Gasteiger charge is 2.15. The van der Waals surface area contributed by atoms with Crippen LogP contribution in [0.5, 0.6) is 0 Å². The first-order valence-corrected chi connectivity index (χ1v) is 7.10. The number of nitrogens with one attached hydrogen (secondary N) is 1. The quantitative estimate of drug-likeness (QED) is 0.621. The van der Waals surface area contributed by atoms with Crippen molar-refractivity contribution in [1.82, 2.24) is 0 Å². The van der Waals surface area contributed by atoms with Gasteiger partial charge in [0.05, 0.1) is 5.69 Å². The van der Waals surface area contributed by atoms with E-state index in [1.807, 2.05) is 30.3 Å². The van der Waals surface area contributed by atoms with Crippen molar-refractivity contribution < 1.29 is 4.39 Å². The molecule has 0 aliphatic carbocycles. The number of nitrogens with two attached hydrogens (primary N) is 1. The highest BCUT2D eigenvalue weighted by atomic mass is 19.1. The fraction of sp³-hybridized carbons (Fsp3) is 0.235.